The molecule has 1 heterocycles. The van der Waals surface area contributed by atoms with E-state index in [-0.39, 0.29) is 5.60 Å². The number of aryl methyl sites for hydroxylation is 2. The fourth-order valence-corrected chi connectivity index (χ4v) is 3.42. The molecule has 1 N–H and O–H groups in total. The highest BCUT2D eigenvalue weighted by molar-refractivity contribution is 5.35. The first kappa shape index (κ1) is 15.5. The Hall–Kier alpha value is -0.860. The van der Waals surface area contributed by atoms with Gasteiger partial charge in [-0.25, -0.2) is 0 Å². The molecule has 0 radical (unpaired) electrons. The Morgan fingerprint density at radius 1 is 1.20 bits per heavy atom. The predicted molar refractivity (Wildman–Crippen MR) is 85.2 cm³/mol. The smallest absolute Gasteiger partial charge is 0.0849 e. The molecule has 2 heteroatoms. The van der Waals surface area contributed by atoms with Crippen LogP contribution < -0.4 is 5.32 Å². The maximum absolute atomic E-state index is 6.08. The van der Waals surface area contributed by atoms with Gasteiger partial charge in [-0.15, -0.1) is 0 Å². The molecule has 112 valence electrons. The van der Waals surface area contributed by atoms with E-state index in [1.54, 1.807) is 0 Å². The van der Waals surface area contributed by atoms with Gasteiger partial charge in [0.1, 0.15) is 0 Å². The molecule has 0 spiro atoms. The molecule has 2 unspecified atom stereocenters. The van der Waals surface area contributed by atoms with Crippen LogP contribution in [0.5, 0.6) is 0 Å². The molecule has 1 fully saturated rings. The first-order valence-corrected chi connectivity index (χ1v) is 8.13. The second-order valence-corrected chi connectivity index (χ2v) is 5.99. The highest BCUT2D eigenvalue weighted by Gasteiger charge is 2.38. The molecule has 1 aliphatic rings. The minimum atomic E-state index is -0.0608. The number of hydrogen-bond acceptors (Lipinski definition) is 2. The molecule has 2 nitrogen and oxygen atoms in total. The Labute approximate surface area is 123 Å². The van der Waals surface area contributed by atoms with Crippen molar-refractivity contribution in [2.75, 3.05) is 13.2 Å². The van der Waals surface area contributed by atoms with Crippen molar-refractivity contribution in [2.45, 2.75) is 65.0 Å². The normalized spacial score (nSPS) is 24.0. The van der Waals surface area contributed by atoms with Crippen LogP contribution in [0, 0.1) is 0 Å². The van der Waals surface area contributed by atoms with Gasteiger partial charge in [-0.3, -0.25) is 0 Å². The summed E-state index contributed by atoms with van der Waals surface area (Å²) in [5, 5.41) is 3.65. The molecule has 0 amide bonds. The van der Waals surface area contributed by atoms with Crippen LogP contribution in [-0.2, 0) is 17.6 Å². The van der Waals surface area contributed by atoms with Gasteiger partial charge < -0.3 is 10.1 Å². The second-order valence-electron chi connectivity index (χ2n) is 5.99. The molecule has 1 aliphatic heterocycles. The molecule has 2 atom stereocenters. The van der Waals surface area contributed by atoms with Crippen LogP contribution in [0.15, 0.2) is 18.2 Å². The minimum absolute atomic E-state index is 0.0608. The lowest BCUT2D eigenvalue weighted by Crippen LogP contribution is -2.41. The fraction of sp³-hybridized carbons (Fsp3) is 0.667. The van der Waals surface area contributed by atoms with E-state index in [1.165, 1.54) is 23.1 Å². The van der Waals surface area contributed by atoms with E-state index in [9.17, 15) is 0 Å². The summed E-state index contributed by atoms with van der Waals surface area (Å²) < 4.78 is 6.08. The van der Waals surface area contributed by atoms with Crippen molar-refractivity contribution in [3.8, 4) is 0 Å². The molecule has 0 aliphatic carbocycles. The summed E-state index contributed by atoms with van der Waals surface area (Å²) in [5.74, 6) is 0. The summed E-state index contributed by atoms with van der Waals surface area (Å²) in [6.45, 7) is 10.8. The number of nitrogens with one attached hydrogen (secondary N) is 1. The Kier molecular flexibility index (Phi) is 5.22. The summed E-state index contributed by atoms with van der Waals surface area (Å²) in [7, 11) is 0. The molecule has 0 saturated carbocycles. The number of ether oxygens (including phenoxy) is 1. The molecular formula is C18H29NO. The van der Waals surface area contributed by atoms with E-state index in [0.29, 0.717) is 6.04 Å². The van der Waals surface area contributed by atoms with E-state index in [4.69, 9.17) is 4.74 Å². The Morgan fingerprint density at radius 3 is 2.50 bits per heavy atom. The van der Waals surface area contributed by atoms with Crippen molar-refractivity contribution in [2.24, 2.45) is 0 Å². The Balaban J connectivity index is 2.34. The van der Waals surface area contributed by atoms with Gasteiger partial charge in [0.25, 0.3) is 0 Å². The van der Waals surface area contributed by atoms with Crippen LogP contribution >= 0.6 is 0 Å². The fourth-order valence-electron chi connectivity index (χ4n) is 3.42. The molecule has 0 aromatic heterocycles. The van der Waals surface area contributed by atoms with Crippen LogP contribution in [0.4, 0.5) is 0 Å². The van der Waals surface area contributed by atoms with Crippen LogP contribution in [0.3, 0.4) is 0 Å². The third kappa shape index (κ3) is 3.07. The Bertz CT molecular complexity index is 435. The van der Waals surface area contributed by atoms with Crippen molar-refractivity contribution in [1.82, 2.24) is 5.32 Å². The lowest BCUT2D eigenvalue weighted by molar-refractivity contribution is -0.0121. The first-order chi connectivity index (χ1) is 9.64. The zero-order chi connectivity index (χ0) is 14.6. The third-order valence-electron chi connectivity index (χ3n) is 4.59. The van der Waals surface area contributed by atoms with E-state index >= 15 is 0 Å². The van der Waals surface area contributed by atoms with Crippen LogP contribution in [-0.4, -0.2) is 18.8 Å². The quantitative estimate of drug-likeness (QED) is 0.846. The van der Waals surface area contributed by atoms with Gasteiger partial charge in [0.05, 0.1) is 11.6 Å². The molecule has 1 aromatic carbocycles. The molecule has 20 heavy (non-hydrogen) atoms. The predicted octanol–water partition coefficient (Wildman–Crippen LogP) is 4.03. The van der Waals surface area contributed by atoms with E-state index < -0.39 is 0 Å². The summed E-state index contributed by atoms with van der Waals surface area (Å²) in [6.07, 6.45) is 4.53. The zero-order valence-electron chi connectivity index (χ0n) is 13.5. The molecule has 1 aromatic rings. The Morgan fingerprint density at radius 2 is 1.95 bits per heavy atom. The van der Waals surface area contributed by atoms with Gasteiger partial charge >= 0.3 is 0 Å². The topological polar surface area (TPSA) is 21.3 Å². The lowest BCUT2D eigenvalue weighted by Gasteiger charge is -2.34. The second kappa shape index (κ2) is 6.73. The first-order valence-electron chi connectivity index (χ1n) is 8.13. The SMILES string of the molecule is CCNC(c1ccc(CC)c(CC)c1)C1(C)CCCO1. The molecule has 0 bridgehead atoms. The van der Waals surface area contributed by atoms with Gasteiger partial charge in [-0.1, -0.05) is 39.0 Å². The summed E-state index contributed by atoms with van der Waals surface area (Å²) >= 11 is 0. The molecule has 2 rings (SSSR count). The number of likely N-dealkylation sites (N-methyl/N-ethyl adjacent to an activating group) is 1. The number of rotatable bonds is 6. The zero-order valence-corrected chi connectivity index (χ0v) is 13.5. The summed E-state index contributed by atoms with van der Waals surface area (Å²) in [4.78, 5) is 0. The number of hydrogen-bond donors (Lipinski definition) is 1. The summed E-state index contributed by atoms with van der Waals surface area (Å²) in [5.41, 5.74) is 4.28. The molecule has 1 saturated heterocycles. The van der Waals surface area contributed by atoms with Crippen molar-refractivity contribution in [3.63, 3.8) is 0 Å². The van der Waals surface area contributed by atoms with Crippen LogP contribution in [0.2, 0.25) is 0 Å². The summed E-state index contributed by atoms with van der Waals surface area (Å²) in [6, 6.07) is 7.28. The van der Waals surface area contributed by atoms with Crippen LogP contribution in [0.25, 0.3) is 0 Å². The van der Waals surface area contributed by atoms with E-state index in [0.717, 1.165) is 32.4 Å². The van der Waals surface area contributed by atoms with Gasteiger partial charge in [0.15, 0.2) is 0 Å². The van der Waals surface area contributed by atoms with E-state index in [1.807, 2.05) is 0 Å². The van der Waals surface area contributed by atoms with Crippen molar-refractivity contribution >= 4 is 0 Å². The van der Waals surface area contributed by atoms with Crippen molar-refractivity contribution in [1.29, 1.82) is 0 Å². The van der Waals surface area contributed by atoms with Gasteiger partial charge in [0.2, 0.25) is 0 Å². The maximum Gasteiger partial charge on any atom is 0.0849 e. The largest absolute Gasteiger partial charge is 0.373 e. The standard InChI is InChI=1S/C18H29NO/c1-5-14-9-10-16(13-15(14)6-2)17(19-7-3)18(4)11-8-12-20-18/h9-10,13,17,19H,5-8,11-12H2,1-4H3. The highest BCUT2D eigenvalue weighted by Crippen LogP contribution is 2.38. The highest BCUT2D eigenvalue weighted by atomic mass is 16.5. The van der Waals surface area contributed by atoms with E-state index in [2.05, 4.69) is 51.2 Å². The average Bonchev–Trinajstić information content (AvgIpc) is 2.91. The minimum Gasteiger partial charge on any atom is -0.373 e. The van der Waals surface area contributed by atoms with Gasteiger partial charge in [-0.05, 0) is 55.8 Å². The monoisotopic (exact) mass is 275 g/mol. The van der Waals surface area contributed by atoms with Crippen molar-refractivity contribution in [3.05, 3.63) is 34.9 Å². The van der Waals surface area contributed by atoms with Crippen molar-refractivity contribution < 1.29 is 4.74 Å². The molecular weight excluding hydrogens is 246 g/mol. The number of benzene rings is 1. The lowest BCUT2D eigenvalue weighted by atomic mass is 9.85. The van der Waals surface area contributed by atoms with Crippen LogP contribution in [0.1, 0.15) is 63.3 Å². The average molecular weight is 275 g/mol. The van der Waals surface area contributed by atoms with Gasteiger partial charge in [0, 0.05) is 6.61 Å². The maximum atomic E-state index is 6.08. The van der Waals surface area contributed by atoms with Gasteiger partial charge in [-0.2, -0.15) is 0 Å². The third-order valence-corrected chi connectivity index (χ3v) is 4.59.